The Morgan fingerprint density at radius 3 is 2.06 bits per heavy atom. The number of carbonyl (C=O) groups is 6. The Hall–Kier alpha value is -6.61. The molecule has 2 aromatic carbocycles. The first-order chi connectivity index (χ1) is 33.1. The van der Waals surface area contributed by atoms with Crippen molar-refractivity contribution < 1.29 is 51.4 Å². The Bertz CT molecular complexity index is 2940. The number of imide groups is 2. The number of aryl methyl sites for hydroxylation is 1. The van der Waals surface area contributed by atoms with Crippen molar-refractivity contribution in [1.29, 1.82) is 5.41 Å². The van der Waals surface area contributed by atoms with Gasteiger partial charge in [-0.25, -0.2) is 8.42 Å². The number of aromatic nitrogens is 1. The van der Waals surface area contributed by atoms with E-state index in [1.807, 2.05) is 11.0 Å². The van der Waals surface area contributed by atoms with Crippen LogP contribution in [0.3, 0.4) is 0 Å². The molecule has 5 aliphatic rings. The molecule has 0 aliphatic carbocycles. The number of rotatable bonds is 12. The molecule has 19 nitrogen and oxygen atoms in total. The number of hydrogen-bond acceptors (Lipinski definition) is 14. The monoisotopic (exact) mass is 983 g/mol. The largest absolute Gasteiger partial charge is 0.493 e. The third-order valence-corrected chi connectivity index (χ3v) is 17.0. The molecule has 21 heteroatoms. The van der Waals surface area contributed by atoms with Gasteiger partial charge in [-0.05, 0) is 92.7 Å². The molecule has 0 spiro atoms. The van der Waals surface area contributed by atoms with E-state index in [1.54, 1.807) is 42.4 Å². The quantitative estimate of drug-likeness (QED) is 0.105. The lowest BCUT2D eigenvalue weighted by Gasteiger charge is -2.40. The lowest BCUT2D eigenvalue weighted by Crippen LogP contribution is -2.54. The number of fused-ring (bicyclic) bond motifs is 2. The third kappa shape index (κ3) is 9.70. The summed E-state index contributed by atoms with van der Waals surface area (Å²) < 4.78 is 43.6. The van der Waals surface area contributed by atoms with Crippen LogP contribution in [0.4, 0.5) is 0 Å². The highest BCUT2D eigenvalue weighted by Crippen LogP contribution is 2.39. The van der Waals surface area contributed by atoms with Gasteiger partial charge in [0.05, 0.1) is 40.0 Å². The van der Waals surface area contributed by atoms with Crippen LogP contribution in [0.1, 0.15) is 77.0 Å². The van der Waals surface area contributed by atoms with Gasteiger partial charge < -0.3 is 33.9 Å². The number of likely N-dealkylation sites (tertiary alicyclic amines) is 2. The van der Waals surface area contributed by atoms with Crippen LogP contribution in [0, 0.1) is 17.2 Å². The molecule has 5 aliphatic heterocycles. The highest BCUT2D eigenvalue weighted by Gasteiger charge is 2.46. The van der Waals surface area contributed by atoms with Crippen molar-refractivity contribution >= 4 is 72.5 Å². The number of piperidine rings is 3. The van der Waals surface area contributed by atoms with E-state index >= 15 is 0 Å². The van der Waals surface area contributed by atoms with Crippen LogP contribution in [-0.2, 0) is 36.1 Å². The number of nitrogens with one attached hydrogen (secondary N) is 3. The summed E-state index contributed by atoms with van der Waals surface area (Å²) in [6.45, 7) is 1.73. The summed E-state index contributed by atoms with van der Waals surface area (Å²) in [5.41, 5.74) is 1.36. The Balaban J connectivity index is 0.744. The van der Waals surface area contributed by atoms with E-state index in [9.17, 15) is 42.0 Å². The molecule has 364 valence electrons. The van der Waals surface area contributed by atoms with E-state index in [4.69, 9.17) is 19.6 Å². The lowest BCUT2D eigenvalue weighted by molar-refractivity contribution is -0.137. The van der Waals surface area contributed by atoms with Crippen molar-refractivity contribution in [3.63, 3.8) is 0 Å². The molecule has 6 amide bonds. The molecule has 3 N–H and O–H groups in total. The van der Waals surface area contributed by atoms with Gasteiger partial charge in [-0.3, -0.25) is 49.2 Å². The topological polar surface area (TPSA) is 244 Å². The van der Waals surface area contributed by atoms with E-state index in [-0.39, 0.29) is 83.7 Å². The van der Waals surface area contributed by atoms with E-state index < -0.39 is 39.5 Å². The Labute approximate surface area is 401 Å². The van der Waals surface area contributed by atoms with Gasteiger partial charge in [0.15, 0.2) is 24.7 Å². The molecule has 4 saturated heterocycles. The maximum Gasteiger partial charge on any atom is 0.266 e. The molecular formula is C48H53N7O12S2. The summed E-state index contributed by atoms with van der Waals surface area (Å²) in [4.78, 5) is 95.7. The molecule has 9 rings (SSSR count). The predicted octanol–water partition coefficient (Wildman–Crippen LogP) is 3.10. The number of sulfone groups is 1. The normalized spacial score (nSPS) is 20.2. The van der Waals surface area contributed by atoms with Crippen LogP contribution in [0.25, 0.3) is 21.2 Å². The van der Waals surface area contributed by atoms with E-state index in [1.165, 1.54) is 35.1 Å². The number of methoxy groups -OCH3 is 1. The van der Waals surface area contributed by atoms with Crippen molar-refractivity contribution in [2.24, 2.45) is 18.9 Å². The van der Waals surface area contributed by atoms with E-state index in [0.717, 1.165) is 41.7 Å². The Morgan fingerprint density at radius 2 is 1.43 bits per heavy atom. The van der Waals surface area contributed by atoms with Gasteiger partial charge in [0.1, 0.15) is 27.5 Å². The van der Waals surface area contributed by atoms with Crippen LogP contribution in [0.15, 0.2) is 53.5 Å². The summed E-state index contributed by atoms with van der Waals surface area (Å²) in [7, 11) is 0.132. The van der Waals surface area contributed by atoms with Gasteiger partial charge in [-0.1, -0.05) is 12.1 Å². The molecule has 4 fully saturated rings. The molecule has 0 saturated carbocycles. The smallest absolute Gasteiger partial charge is 0.266 e. The number of nitrogens with zero attached hydrogens (tertiary/aromatic N) is 4. The number of thiophene rings is 1. The zero-order valence-electron chi connectivity index (χ0n) is 38.2. The maximum atomic E-state index is 13.4. The average molecular weight is 984 g/mol. The van der Waals surface area contributed by atoms with E-state index in [2.05, 4.69) is 10.6 Å². The molecule has 2 aromatic heterocycles. The molecular weight excluding hydrogens is 931 g/mol. The summed E-state index contributed by atoms with van der Waals surface area (Å²) in [5.74, 6) is -0.977. The molecule has 1 atom stereocenters. The van der Waals surface area contributed by atoms with Crippen LogP contribution < -0.4 is 30.4 Å². The average Bonchev–Trinajstić information content (AvgIpc) is 3.91. The first-order valence-corrected chi connectivity index (χ1v) is 25.8. The Kier molecular flexibility index (Phi) is 13.4. The fourth-order valence-electron chi connectivity index (χ4n) is 10.1. The van der Waals surface area contributed by atoms with Gasteiger partial charge in [0, 0.05) is 62.1 Å². The lowest BCUT2D eigenvalue weighted by atomic mass is 9.79. The molecule has 0 bridgehead atoms. The fourth-order valence-corrected chi connectivity index (χ4v) is 12.7. The highest BCUT2D eigenvalue weighted by atomic mass is 32.2. The standard InChI is InChI=1S/C48H53N7O12S2/c1-52-24-33(43-32(46(52)60)23-38(68-43)44(49)50-30-14-20-69(63,64)21-15-30)29-6-8-35(37(22-29)65-2)66-25-40(57)53-16-10-27(11-17-53)28-12-18-54(19-13-28)41(58)26-67-36-5-3-4-31-42(36)48(62)55(47(31)61)34-7-9-39(56)51-45(34)59/h3-6,8,22-24,27-28,30,34H,7,9-21,25-26H2,1-2H3,(H2,49,50)(H,51,56,59). The molecule has 0 radical (unpaired) electrons. The zero-order chi connectivity index (χ0) is 48.7. The first-order valence-electron chi connectivity index (χ1n) is 23.1. The van der Waals surface area contributed by atoms with Crippen LogP contribution in [0.2, 0.25) is 0 Å². The number of carbonyl (C=O) groups excluding carboxylic acids is 6. The van der Waals surface area contributed by atoms with Crippen LogP contribution in [-0.4, -0.2) is 139 Å². The zero-order valence-corrected chi connectivity index (χ0v) is 39.9. The number of ether oxygens (including phenoxy) is 3. The SMILES string of the molecule is COc1cc(-c2cn(C)c(=O)c3cc(C(=N)NC4CCS(=O)(=O)CC4)sc23)ccc1OCC(=O)N1CCC(C2CCN(C(=O)COc3cccc4c3C(=O)N(C3CCC(=O)NC3=O)C4=O)CC2)CC1. The number of amidine groups is 1. The van der Waals surface area contributed by atoms with Crippen molar-refractivity contribution in [1.82, 2.24) is 29.9 Å². The molecule has 4 aromatic rings. The van der Waals surface area contributed by atoms with Crippen molar-refractivity contribution in [2.45, 2.75) is 63.5 Å². The van der Waals surface area contributed by atoms with Gasteiger partial charge >= 0.3 is 0 Å². The number of benzene rings is 2. The molecule has 69 heavy (non-hydrogen) atoms. The van der Waals surface area contributed by atoms with Crippen molar-refractivity contribution in [3.8, 4) is 28.4 Å². The maximum absolute atomic E-state index is 13.4. The second-order valence-electron chi connectivity index (χ2n) is 18.3. The number of hydrogen-bond donors (Lipinski definition) is 3. The highest BCUT2D eigenvalue weighted by molar-refractivity contribution is 7.91. The second kappa shape index (κ2) is 19.4. The minimum Gasteiger partial charge on any atom is -0.493 e. The first kappa shape index (κ1) is 47.5. The molecule has 1 unspecified atom stereocenters. The van der Waals surface area contributed by atoms with Crippen LogP contribution in [0.5, 0.6) is 17.2 Å². The summed E-state index contributed by atoms with van der Waals surface area (Å²) in [6, 6.07) is 10.3. The number of amides is 6. The van der Waals surface area contributed by atoms with Gasteiger partial charge in [-0.15, -0.1) is 11.3 Å². The van der Waals surface area contributed by atoms with Gasteiger partial charge in [-0.2, -0.15) is 0 Å². The fraction of sp³-hybridized carbons (Fsp3) is 0.458. The predicted molar refractivity (Wildman–Crippen MR) is 253 cm³/mol. The third-order valence-electron chi connectivity index (χ3n) is 14.1. The molecule has 7 heterocycles. The Morgan fingerprint density at radius 1 is 0.797 bits per heavy atom. The minimum atomic E-state index is -3.05. The minimum absolute atomic E-state index is 0.00365. The second-order valence-corrected chi connectivity index (χ2v) is 21.6. The van der Waals surface area contributed by atoms with Crippen molar-refractivity contribution in [2.75, 3.05) is 58.0 Å². The van der Waals surface area contributed by atoms with E-state index in [0.29, 0.717) is 77.3 Å². The van der Waals surface area contributed by atoms with Crippen LogP contribution >= 0.6 is 11.3 Å². The van der Waals surface area contributed by atoms with Gasteiger partial charge in [0.2, 0.25) is 11.8 Å². The summed E-state index contributed by atoms with van der Waals surface area (Å²) >= 11 is 1.31. The summed E-state index contributed by atoms with van der Waals surface area (Å²) in [5, 5.41) is 14.5. The van der Waals surface area contributed by atoms with Gasteiger partial charge in [0.25, 0.3) is 29.2 Å². The van der Waals surface area contributed by atoms with Crippen molar-refractivity contribution in [3.05, 3.63) is 75.0 Å². The number of pyridine rings is 1. The summed E-state index contributed by atoms with van der Waals surface area (Å²) in [6.07, 6.45) is 5.87.